The topological polar surface area (TPSA) is 77.8 Å². The SMILES string of the molecule is O=C(O)CCCCCCN1C(=O)C(F)(F)CC1C=C[C@@H](O)[C@H](CCCc1ccccc1)C(F)(F)F. The van der Waals surface area contributed by atoms with Crippen molar-refractivity contribution < 1.29 is 41.8 Å². The lowest BCUT2D eigenvalue weighted by Crippen LogP contribution is -2.37. The molecule has 1 fully saturated rings. The molecule has 1 aromatic carbocycles. The molecule has 5 nitrogen and oxygen atoms in total. The van der Waals surface area contributed by atoms with Crippen molar-refractivity contribution >= 4 is 11.9 Å². The van der Waals surface area contributed by atoms with E-state index in [0.717, 1.165) is 22.6 Å². The summed E-state index contributed by atoms with van der Waals surface area (Å²) in [6.45, 7) is -0.0215. The Balaban J connectivity index is 1.96. The highest BCUT2D eigenvalue weighted by atomic mass is 19.4. The molecule has 0 spiro atoms. The molecule has 0 aromatic heterocycles. The smallest absolute Gasteiger partial charge is 0.394 e. The van der Waals surface area contributed by atoms with Gasteiger partial charge in [-0.3, -0.25) is 9.59 Å². The number of carboxylic acid groups (broad SMARTS) is 1. The van der Waals surface area contributed by atoms with Crippen molar-refractivity contribution in [2.45, 2.75) is 82.0 Å². The third-order valence-corrected chi connectivity index (χ3v) is 6.17. The highest BCUT2D eigenvalue weighted by Crippen LogP contribution is 2.36. The Morgan fingerprint density at radius 2 is 1.77 bits per heavy atom. The van der Waals surface area contributed by atoms with Crippen LogP contribution in [0.3, 0.4) is 0 Å². The molecular formula is C25H32F5NO4. The van der Waals surface area contributed by atoms with E-state index >= 15 is 0 Å². The predicted molar refractivity (Wildman–Crippen MR) is 120 cm³/mol. The van der Waals surface area contributed by atoms with Gasteiger partial charge in [0.2, 0.25) is 0 Å². The number of unbranched alkanes of at least 4 members (excludes halogenated alkanes) is 3. The van der Waals surface area contributed by atoms with E-state index in [9.17, 15) is 36.6 Å². The number of amides is 1. The zero-order valence-corrected chi connectivity index (χ0v) is 19.4. The van der Waals surface area contributed by atoms with E-state index in [-0.39, 0.29) is 25.8 Å². The Hall–Kier alpha value is -2.49. The molecule has 3 atom stereocenters. The molecule has 1 saturated heterocycles. The van der Waals surface area contributed by atoms with Gasteiger partial charge in [-0.2, -0.15) is 22.0 Å². The van der Waals surface area contributed by atoms with E-state index in [2.05, 4.69) is 0 Å². The number of likely N-dealkylation sites (tertiary alicyclic amines) is 1. The fourth-order valence-electron chi connectivity index (χ4n) is 4.25. The Morgan fingerprint density at radius 1 is 1.11 bits per heavy atom. The summed E-state index contributed by atoms with van der Waals surface area (Å²) in [5.74, 6) is -7.99. The zero-order valence-electron chi connectivity index (χ0n) is 19.4. The molecule has 35 heavy (non-hydrogen) atoms. The lowest BCUT2D eigenvalue weighted by Gasteiger charge is -2.25. The number of aliphatic hydroxyl groups excluding tert-OH is 1. The summed E-state index contributed by atoms with van der Waals surface area (Å²) in [7, 11) is 0. The van der Waals surface area contributed by atoms with Crippen molar-refractivity contribution in [1.82, 2.24) is 4.90 Å². The number of carbonyl (C=O) groups is 2. The monoisotopic (exact) mass is 505 g/mol. The molecule has 1 unspecified atom stereocenters. The van der Waals surface area contributed by atoms with Gasteiger partial charge in [0.25, 0.3) is 5.91 Å². The van der Waals surface area contributed by atoms with Crippen molar-refractivity contribution in [2.75, 3.05) is 6.54 Å². The number of aryl methyl sites for hydroxylation is 1. The Kier molecular flexibility index (Phi) is 10.7. The number of benzene rings is 1. The fraction of sp³-hybridized carbons (Fsp3) is 0.600. The number of hydrogen-bond acceptors (Lipinski definition) is 3. The minimum absolute atomic E-state index is 0.00428. The quantitative estimate of drug-likeness (QED) is 0.202. The third kappa shape index (κ3) is 9.23. The summed E-state index contributed by atoms with van der Waals surface area (Å²) >= 11 is 0. The van der Waals surface area contributed by atoms with Gasteiger partial charge < -0.3 is 15.1 Å². The summed E-state index contributed by atoms with van der Waals surface area (Å²) in [4.78, 5) is 23.5. The van der Waals surface area contributed by atoms with Crippen molar-refractivity contribution in [3.8, 4) is 0 Å². The van der Waals surface area contributed by atoms with E-state index in [1.807, 2.05) is 0 Å². The van der Waals surface area contributed by atoms with Crippen LogP contribution in [0.5, 0.6) is 0 Å². The molecule has 0 bridgehead atoms. The number of aliphatic carboxylic acids is 1. The van der Waals surface area contributed by atoms with Crippen LogP contribution < -0.4 is 0 Å². The van der Waals surface area contributed by atoms with Gasteiger partial charge >= 0.3 is 18.1 Å². The van der Waals surface area contributed by atoms with Gasteiger partial charge in [0, 0.05) is 19.4 Å². The van der Waals surface area contributed by atoms with Gasteiger partial charge in [-0.1, -0.05) is 55.3 Å². The first-order chi connectivity index (χ1) is 16.4. The van der Waals surface area contributed by atoms with Crippen LogP contribution in [0.1, 0.15) is 56.9 Å². The highest BCUT2D eigenvalue weighted by Gasteiger charge is 2.52. The summed E-state index contributed by atoms with van der Waals surface area (Å²) in [5, 5.41) is 18.9. The molecule has 0 radical (unpaired) electrons. The second kappa shape index (κ2) is 13.0. The summed E-state index contributed by atoms with van der Waals surface area (Å²) in [6.07, 6.45) is -3.38. The minimum Gasteiger partial charge on any atom is -0.481 e. The second-order valence-corrected chi connectivity index (χ2v) is 8.93. The number of halogens is 5. The first kappa shape index (κ1) is 28.7. The molecule has 196 valence electrons. The zero-order chi connectivity index (χ0) is 26.1. The van der Waals surface area contributed by atoms with Crippen LogP contribution in [0.2, 0.25) is 0 Å². The third-order valence-electron chi connectivity index (χ3n) is 6.17. The molecule has 1 amide bonds. The van der Waals surface area contributed by atoms with Crippen LogP contribution >= 0.6 is 0 Å². The highest BCUT2D eigenvalue weighted by molar-refractivity contribution is 5.86. The van der Waals surface area contributed by atoms with E-state index in [4.69, 9.17) is 5.11 Å². The minimum atomic E-state index is -4.68. The normalized spacial score (nSPS) is 19.9. The first-order valence-corrected chi connectivity index (χ1v) is 11.8. The van der Waals surface area contributed by atoms with Gasteiger partial charge in [0.1, 0.15) is 0 Å². The maximum Gasteiger partial charge on any atom is 0.394 e. The second-order valence-electron chi connectivity index (χ2n) is 8.93. The Labute approximate surface area is 201 Å². The average Bonchev–Trinajstić information content (AvgIpc) is 2.99. The van der Waals surface area contributed by atoms with Crippen molar-refractivity contribution in [2.24, 2.45) is 5.92 Å². The molecule has 2 rings (SSSR count). The number of alkyl halides is 5. The number of aliphatic hydroxyl groups is 1. The maximum absolute atomic E-state index is 14.0. The van der Waals surface area contributed by atoms with Crippen LogP contribution in [0, 0.1) is 5.92 Å². The van der Waals surface area contributed by atoms with Crippen LogP contribution in [-0.2, 0) is 16.0 Å². The van der Waals surface area contributed by atoms with Gasteiger partial charge in [0.05, 0.1) is 18.1 Å². The first-order valence-electron chi connectivity index (χ1n) is 11.8. The Morgan fingerprint density at radius 3 is 2.40 bits per heavy atom. The van der Waals surface area contributed by atoms with E-state index < -0.39 is 48.5 Å². The number of carbonyl (C=O) groups excluding carboxylic acids is 1. The van der Waals surface area contributed by atoms with Crippen LogP contribution in [0.15, 0.2) is 42.5 Å². The van der Waals surface area contributed by atoms with Crippen molar-refractivity contribution in [3.05, 3.63) is 48.0 Å². The number of carboxylic acids is 1. The standard InChI is InChI=1S/C25H32F5NO4/c26-24(27)17-19(31(23(24)35)16-7-2-1-6-13-22(33)34)14-15-21(32)20(25(28,29)30)12-8-11-18-9-4-3-5-10-18/h3-5,9-10,14-15,19-21,32H,1-2,6-8,11-13,16-17H2,(H,33,34)/t19?,20-,21+/m0/s1. The van der Waals surface area contributed by atoms with E-state index in [1.54, 1.807) is 30.3 Å². The average molecular weight is 506 g/mol. The summed E-state index contributed by atoms with van der Waals surface area (Å²) in [5.41, 5.74) is 0.878. The number of hydrogen-bond donors (Lipinski definition) is 2. The molecule has 2 N–H and O–H groups in total. The molecule has 10 heteroatoms. The maximum atomic E-state index is 14.0. The van der Waals surface area contributed by atoms with Gasteiger partial charge in [-0.25, -0.2) is 0 Å². The lowest BCUT2D eigenvalue weighted by atomic mass is 9.93. The van der Waals surface area contributed by atoms with Crippen molar-refractivity contribution in [1.29, 1.82) is 0 Å². The molecular weight excluding hydrogens is 473 g/mol. The fourth-order valence-corrected chi connectivity index (χ4v) is 4.25. The molecule has 1 heterocycles. The summed E-state index contributed by atoms with van der Waals surface area (Å²) in [6, 6.07) is 7.86. The van der Waals surface area contributed by atoms with Crippen LogP contribution in [-0.4, -0.2) is 57.8 Å². The molecule has 1 aliphatic heterocycles. The predicted octanol–water partition coefficient (Wildman–Crippen LogP) is 5.38. The molecule has 1 aliphatic rings. The van der Waals surface area contributed by atoms with Gasteiger partial charge in [-0.15, -0.1) is 0 Å². The summed E-state index contributed by atoms with van der Waals surface area (Å²) < 4.78 is 68.7. The van der Waals surface area contributed by atoms with Crippen LogP contribution in [0.25, 0.3) is 0 Å². The molecule has 1 aromatic rings. The molecule has 0 saturated carbocycles. The van der Waals surface area contributed by atoms with Gasteiger partial charge in [-0.05, 0) is 37.7 Å². The lowest BCUT2D eigenvalue weighted by molar-refractivity contribution is -0.195. The largest absolute Gasteiger partial charge is 0.481 e. The van der Waals surface area contributed by atoms with Crippen molar-refractivity contribution in [3.63, 3.8) is 0 Å². The van der Waals surface area contributed by atoms with Crippen LogP contribution in [0.4, 0.5) is 22.0 Å². The van der Waals surface area contributed by atoms with Gasteiger partial charge in [0.15, 0.2) is 0 Å². The Bertz CT molecular complexity index is 844. The number of nitrogens with zero attached hydrogens (tertiary/aromatic N) is 1. The van der Waals surface area contributed by atoms with E-state index in [1.165, 1.54) is 0 Å². The molecule has 0 aliphatic carbocycles. The number of rotatable bonds is 14. The van der Waals surface area contributed by atoms with E-state index in [0.29, 0.717) is 32.1 Å².